The number of para-hydroxylation sites is 1. The zero-order valence-corrected chi connectivity index (χ0v) is 20.3. The van der Waals surface area contributed by atoms with Gasteiger partial charge in [0.1, 0.15) is 16.6 Å². The lowest BCUT2D eigenvalue weighted by Gasteiger charge is -2.17. The van der Waals surface area contributed by atoms with E-state index in [1.807, 2.05) is 0 Å². The number of rotatable bonds is 8. The van der Waals surface area contributed by atoms with Crippen molar-refractivity contribution in [2.45, 2.75) is 6.42 Å². The number of hydrogen-bond acceptors (Lipinski definition) is 7. The zero-order valence-electron chi connectivity index (χ0n) is 18.7. The van der Waals surface area contributed by atoms with Crippen molar-refractivity contribution in [2.24, 2.45) is 0 Å². The van der Waals surface area contributed by atoms with Crippen LogP contribution in [0.4, 0.5) is 11.4 Å². The van der Waals surface area contributed by atoms with Crippen LogP contribution in [0.5, 0.6) is 5.75 Å². The van der Waals surface area contributed by atoms with Crippen LogP contribution < -0.4 is 15.0 Å². The number of carbonyl (C=O) groups is 3. The van der Waals surface area contributed by atoms with Gasteiger partial charge in [-0.05, 0) is 36.8 Å². The molecular weight excluding hydrogens is 474 g/mol. The predicted octanol–water partition coefficient (Wildman–Crippen LogP) is 3.29. The van der Waals surface area contributed by atoms with E-state index in [0.29, 0.717) is 46.6 Å². The lowest BCUT2D eigenvalue weighted by molar-refractivity contribution is -0.122. The molecule has 2 heterocycles. The van der Waals surface area contributed by atoms with Crippen molar-refractivity contribution in [3.63, 3.8) is 0 Å². The average molecular weight is 498 g/mol. The van der Waals surface area contributed by atoms with Crippen LogP contribution in [-0.2, 0) is 19.1 Å². The van der Waals surface area contributed by atoms with Crippen LogP contribution in [0.1, 0.15) is 12.0 Å². The minimum atomic E-state index is -0.400. The van der Waals surface area contributed by atoms with Crippen LogP contribution >= 0.6 is 24.0 Å². The molecule has 10 heteroatoms. The summed E-state index contributed by atoms with van der Waals surface area (Å²) in [6.07, 6.45) is 0.633. The van der Waals surface area contributed by atoms with Gasteiger partial charge in [-0.1, -0.05) is 42.2 Å². The Hall–Kier alpha value is -3.21. The van der Waals surface area contributed by atoms with Crippen molar-refractivity contribution in [3.8, 4) is 5.75 Å². The Labute approximate surface area is 206 Å². The number of nitrogens with one attached hydrogen (secondary N) is 1. The second-order valence-electron chi connectivity index (χ2n) is 7.56. The minimum absolute atomic E-state index is 0.195. The quantitative estimate of drug-likeness (QED) is 0.340. The number of anilines is 2. The molecule has 0 bridgehead atoms. The van der Waals surface area contributed by atoms with Crippen LogP contribution in [0.3, 0.4) is 0 Å². The second kappa shape index (κ2) is 10.4. The lowest BCUT2D eigenvalue weighted by Crippen LogP contribution is -2.35. The Morgan fingerprint density at radius 2 is 1.76 bits per heavy atom. The van der Waals surface area contributed by atoms with Crippen LogP contribution in [0.15, 0.2) is 53.4 Å². The van der Waals surface area contributed by atoms with E-state index in [-0.39, 0.29) is 28.8 Å². The third-order valence-electron chi connectivity index (χ3n) is 5.41. The van der Waals surface area contributed by atoms with Gasteiger partial charge in [0.05, 0.1) is 23.3 Å². The molecule has 0 atom stereocenters. The third-order valence-corrected chi connectivity index (χ3v) is 6.85. The normalized spacial score (nSPS) is 17.4. The lowest BCUT2D eigenvalue weighted by atomic mass is 10.1. The molecule has 0 saturated carbocycles. The van der Waals surface area contributed by atoms with Crippen LogP contribution in [-0.4, -0.2) is 60.9 Å². The van der Waals surface area contributed by atoms with E-state index in [2.05, 4.69) is 5.32 Å². The van der Waals surface area contributed by atoms with Crippen LogP contribution in [0.25, 0.3) is 5.57 Å². The van der Waals surface area contributed by atoms with Crippen LogP contribution in [0.2, 0.25) is 0 Å². The molecule has 2 aromatic rings. The number of methoxy groups -OCH3 is 2. The van der Waals surface area contributed by atoms with Gasteiger partial charge in [-0.25, -0.2) is 0 Å². The third kappa shape index (κ3) is 4.70. The number of carbonyl (C=O) groups excluding carboxylic acids is 3. The summed E-state index contributed by atoms with van der Waals surface area (Å²) in [5.74, 6) is -0.384. The summed E-state index contributed by atoms with van der Waals surface area (Å²) >= 11 is 6.52. The van der Waals surface area contributed by atoms with Crippen molar-refractivity contribution in [2.75, 3.05) is 44.1 Å². The SMILES string of the molecule is COCCCN1C(=O)/C(=C2/C(=O)N(CC(=O)Nc3ccc(OC)cc3)c3ccccc32)SC1=S. The van der Waals surface area contributed by atoms with Gasteiger partial charge in [-0.3, -0.25) is 24.2 Å². The standard InChI is InChI=1S/C24H23N3O5S2/c1-31-13-5-12-26-23(30)21(34-24(26)33)20-17-6-3-4-7-18(17)27(22(20)29)14-19(28)25-15-8-10-16(32-2)11-9-15/h3-4,6-11H,5,12-14H2,1-2H3,(H,25,28)/b21-20-. The van der Waals surface area contributed by atoms with Gasteiger partial charge in [0.25, 0.3) is 11.8 Å². The van der Waals surface area contributed by atoms with E-state index in [4.69, 9.17) is 21.7 Å². The summed E-state index contributed by atoms with van der Waals surface area (Å²) in [4.78, 5) is 42.5. The first-order valence-corrected chi connectivity index (χ1v) is 11.8. The Kier molecular flexibility index (Phi) is 7.30. The van der Waals surface area contributed by atoms with E-state index in [1.165, 1.54) is 9.80 Å². The maximum absolute atomic E-state index is 13.5. The maximum Gasteiger partial charge on any atom is 0.267 e. The van der Waals surface area contributed by atoms with Crippen molar-refractivity contribution in [1.29, 1.82) is 0 Å². The maximum atomic E-state index is 13.5. The second-order valence-corrected chi connectivity index (χ2v) is 9.20. The fourth-order valence-electron chi connectivity index (χ4n) is 3.78. The van der Waals surface area contributed by atoms with Gasteiger partial charge < -0.3 is 14.8 Å². The molecule has 34 heavy (non-hydrogen) atoms. The number of fused-ring (bicyclic) bond motifs is 1. The number of thioether (sulfide) groups is 1. The largest absolute Gasteiger partial charge is 0.497 e. The Morgan fingerprint density at radius 1 is 1.03 bits per heavy atom. The Bertz CT molecular complexity index is 1180. The Balaban J connectivity index is 1.57. The van der Waals surface area contributed by atoms with Gasteiger partial charge >= 0.3 is 0 Å². The number of benzene rings is 2. The summed E-state index contributed by atoms with van der Waals surface area (Å²) in [6.45, 7) is 0.723. The zero-order chi connectivity index (χ0) is 24.2. The van der Waals surface area contributed by atoms with E-state index in [0.717, 1.165) is 11.8 Å². The highest BCUT2D eigenvalue weighted by Crippen LogP contribution is 2.44. The van der Waals surface area contributed by atoms with Gasteiger partial charge in [-0.15, -0.1) is 0 Å². The van der Waals surface area contributed by atoms with Gasteiger partial charge in [0, 0.05) is 31.5 Å². The summed E-state index contributed by atoms with van der Waals surface area (Å²) < 4.78 is 10.6. The Morgan fingerprint density at radius 3 is 2.47 bits per heavy atom. The van der Waals surface area contributed by atoms with Crippen molar-refractivity contribution < 1.29 is 23.9 Å². The highest BCUT2D eigenvalue weighted by Gasteiger charge is 2.42. The molecule has 1 saturated heterocycles. The van der Waals surface area contributed by atoms with Crippen molar-refractivity contribution in [3.05, 3.63) is 59.0 Å². The molecule has 2 aromatic carbocycles. The van der Waals surface area contributed by atoms with Gasteiger partial charge in [-0.2, -0.15) is 0 Å². The first-order valence-electron chi connectivity index (χ1n) is 10.6. The highest BCUT2D eigenvalue weighted by molar-refractivity contribution is 8.26. The molecule has 3 amide bonds. The minimum Gasteiger partial charge on any atom is -0.497 e. The molecule has 1 fully saturated rings. The average Bonchev–Trinajstić information content (AvgIpc) is 3.27. The first kappa shape index (κ1) is 23.9. The van der Waals surface area contributed by atoms with E-state index < -0.39 is 5.91 Å². The van der Waals surface area contributed by atoms with E-state index in [9.17, 15) is 14.4 Å². The molecule has 176 valence electrons. The molecule has 2 aliphatic rings. The summed E-state index contributed by atoms with van der Waals surface area (Å²) in [7, 11) is 3.16. The van der Waals surface area contributed by atoms with E-state index in [1.54, 1.807) is 62.8 Å². The highest BCUT2D eigenvalue weighted by atomic mass is 32.2. The number of amides is 3. The predicted molar refractivity (Wildman–Crippen MR) is 136 cm³/mol. The number of hydrogen-bond donors (Lipinski definition) is 1. The number of ether oxygens (including phenoxy) is 2. The summed E-state index contributed by atoms with van der Waals surface area (Å²) in [5, 5.41) is 2.79. The smallest absolute Gasteiger partial charge is 0.267 e. The van der Waals surface area contributed by atoms with E-state index >= 15 is 0 Å². The fraction of sp³-hybridized carbons (Fsp3) is 0.250. The van der Waals surface area contributed by atoms with Crippen molar-refractivity contribution >= 4 is 63.0 Å². The molecule has 0 radical (unpaired) electrons. The monoisotopic (exact) mass is 497 g/mol. The molecule has 1 N–H and O–H groups in total. The molecule has 0 aromatic heterocycles. The molecule has 4 rings (SSSR count). The van der Waals surface area contributed by atoms with Gasteiger partial charge in [0.2, 0.25) is 5.91 Å². The number of thiocarbonyl (C=S) groups is 1. The molecule has 0 aliphatic carbocycles. The summed E-state index contributed by atoms with van der Waals surface area (Å²) in [6, 6.07) is 14.0. The molecule has 8 nitrogen and oxygen atoms in total. The molecule has 0 spiro atoms. The first-order chi connectivity index (χ1) is 16.4. The fourth-order valence-corrected chi connectivity index (χ4v) is 5.16. The van der Waals surface area contributed by atoms with Crippen molar-refractivity contribution in [1.82, 2.24) is 4.90 Å². The topological polar surface area (TPSA) is 88.2 Å². The molecular formula is C24H23N3O5S2. The molecule has 0 unspecified atom stereocenters. The molecule has 2 aliphatic heterocycles. The summed E-state index contributed by atoms with van der Waals surface area (Å²) in [5.41, 5.74) is 2.06. The van der Waals surface area contributed by atoms with Crippen LogP contribution in [0, 0.1) is 0 Å². The number of nitrogens with zero attached hydrogens (tertiary/aromatic N) is 2. The van der Waals surface area contributed by atoms with Gasteiger partial charge in [0.15, 0.2) is 0 Å².